The van der Waals surface area contributed by atoms with E-state index in [-0.39, 0.29) is 5.78 Å². The fourth-order valence-electron chi connectivity index (χ4n) is 3.33. The van der Waals surface area contributed by atoms with Gasteiger partial charge in [0, 0.05) is 0 Å². The smallest absolute Gasteiger partial charge is 0.351 e. The van der Waals surface area contributed by atoms with Crippen LogP contribution in [-0.4, -0.2) is 70.9 Å². The monoisotopic (exact) mass is 529 g/mol. The highest BCUT2D eigenvalue weighted by Crippen LogP contribution is 2.46. The number of hydrogen-bond donors (Lipinski definition) is 2. The highest BCUT2D eigenvalue weighted by atomic mass is 16.5. The van der Waals surface area contributed by atoms with Crippen molar-refractivity contribution in [3.8, 4) is 23.0 Å². The Hall–Kier alpha value is -4.51. The SMILES string of the molecule is CCOc1ccc(/C=C/C(=O)c2c(OCC[NH+](C)C)c(OC)c3occc3c2OC)cc1.O=C([O-])C(=O)O. The number of carboxylic acids is 2. The van der Waals surface area contributed by atoms with Crippen LogP contribution in [0.1, 0.15) is 22.8 Å². The largest absolute Gasteiger partial charge is 0.539 e. The van der Waals surface area contributed by atoms with E-state index in [0.29, 0.717) is 47.0 Å². The maximum atomic E-state index is 13.4. The van der Waals surface area contributed by atoms with Crippen molar-refractivity contribution in [2.75, 3.05) is 48.1 Å². The standard InChI is InChI=1S/C25H29NO6.C2H2O4/c1-6-30-18-10-7-17(8-11-18)9-12-20(27)21-22(28-4)19-13-15-31-23(19)25(29-5)24(21)32-16-14-26(2)3;3-1(4)2(5)6/h7-13,15H,6,14,16H2,1-5H3;(H,3,4)(H,5,6)/b12-9+;. The lowest BCUT2D eigenvalue weighted by molar-refractivity contribution is -0.858. The average Bonchev–Trinajstić information content (AvgIpc) is 3.37. The van der Waals surface area contributed by atoms with Crippen molar-refractivity contribution in [3.63, 3.8) is 0 Å². The number of carbonyl (C=O) groups is 3. The molecule has 0 saturated carbocycles. The number of rotatable bonds is 11. The zero-order chi connectivity index (χ0) is 28.2. The molecule has 204 valence electrons. The minimum absolute atomic E-state index is 0.260. The first-order valence-corrected chi connectivity index (χ1v) is 11.6. The van der Waals surface area contributed by atoms with Crippen LogP contribution in [0, 0.1) is 0 Å². The predicted molar refractivity (Wildman–Crippen MR) is 136 cm³/mol. The third-order valence-corrected chi connectivity index (χ3v) is 5.07. The number of quaternary nitrogens is 1. The van der Waals surface area contributed by atoms with E-state index in [1.165, 1.54) is 31.5 Å². The lowest BCUT2D eigenvalue weighted by Crippen LogP contribution is -3.06. The summed E-state index contributed by atoms with van der Waals surface area (Å²) in [5, 5.41) is 17.0. The molecule has 38 heavy (non-hydrogen) atoms. The van der Waals surface area contributed by atoms with Gasteiger partial charge in [0.25, 0.3) is 0 Å². The van der Waals surface area contributed by atoms with Crippen LogP contribution >= 0.6 is 0 Å². The molecular formula is C27H31NO10. The minimum Gasteiger partial charge on any atom is -0.539 e. The highest BCUT2D eigenvalue weighted by molar-refractivity contribution is 6.26. The summed E-state index contributed by atoms with van der Waals surface area (Å²) in [7, 11) is 7.11. The number of carbonyl (C=O) groups excluding carboxylic acids is 2. The maximum absolute atomic E-state index is 13.4. The van der Waals surface area contributed by atoms with Gasteiger partial charge in [-0.3, -0.25) is 4.79 Å². The molecule has 0 aliphatic heterocycles. The van der Waals surface area contributed by atoms with E-state index in [1.54, 1.807) is 12.1 Å². The predicted octanol–water partition coefficient (Wildman–Crippen LogP) is 1.09. The fourth-order valence-corrected chi connectivity index (χ4v) is 3.33. The molecule has 2 aromatic carbocycles. The second kappa shape index (κ2) is 14.3. The number of carboxylic acid groups (broad SMARTS) is 2. The number of fused-ring (bicyclic) bond motifs is 1. The molecule has 3 rings (SSSR count). The second-order valence-corrected chi connectivity index (χ2v) is 8.03. The molecule has 2 N–H and O–H groups in total. The molecule has 0 unspecified atom stereocenters. The molecule has 11 heteroatoms. The first-order valence-electron chi connectivity index (χ1n) is 11.6. The summed E-state index contributed by atoms with van der Waals surface area (Å²) in [6, 6.07) is 9.27. The molecule has 0 aliphatic carbocycles. The number of likely N-dealkylation sites (N-methyl/N-ethyl adjacent to an activating group) is 1. The van der Waals surface area contributed by atoms with Gasteiger partial charge >= 0.3 is 5.97 Å². The Morgan fingerprint density at radius 1 is 1.00 bits per heavy atom. The van der Waals surface area contributed by atoms with Crippen LogP contribution in [0.4, 0.5) is 0 Å². The molecule has 0 amide bonds. The fraction of sp³-hybridized carbons (Fsp3) is 0.296. The Morgan fingerprint density at radius 3 is 2.16 bits per heavy atom. The molecule has 3 aromatic rings. The summed E-state index contributed by atoms with van der Waals surface area (Å²) in [6.07, 6.45) is 4.79. The van der Waals surface area contributed by atoms with Gasteiger partial charge in [-0.1, -0.05) is 18.2 Å². The summed E-state index contributed by atoms with van der Waals surface area (Å²) in [4.78, 5) is 32.6. The Labute approximate surface area is 219 Å². The second-order valence-electron chi connectivity index (χ2n) is 8.03. The summed E-state index contributed by atoms with van der Waals surface area (Å²) in [5.74, 6) is -2.41. The van der Waals surface area contributed by atoms with E-state index in [9.17, 15) is 4.79 Å². The number of aliphatic carboxylic acids is 2. The van der Waals surface area contributed by atoms with Gasteiger partial charge in [0.2, 0.25) is 5.75 Å². The van der Waals surface area contributed by atoms with Crippen molar-refractivity contribution in [3.05, 3.63) is 53.8 Å². The van der Waals surface area contributed by atoms with Crippen molar-refractivity contribution < 1.29 is 52.9 Å². The lowest BCUT2D eigenvalue weighted by Gasteiger charge is -2.18. The van der Waals surface area contributed by atoms with E-state index >= 15 is 0 Å². The molecule has 0 spiro atoms. The topological polar surface area (TPSA) is 149 Å². The van der Waals surface area contributed by atoms with Crippen molar-refractivity contribution in [1.29, 1.82) is 0 Å². The summed E-state index contributed by atoms with van der Waals surface area (Å²) in [5.41, 5.74) is 1.65. The van der Waals surface area contributed by atoms with Gasteiger partial charge in [-0.15, -0.1) is 0 Å². The average molecular weight is 530 g/mol. The molecular weight excluding hydrogens is 498 g/mol. The van der Waals surface area contributed by atoms with E-state index in [2.05, 4.69) is 0 Å². The maximum Gasteiger partial charge on any atom is 0.351 e. The summed E-state index contributed by atoms with van der Waals surface area (Å²) < 4.78 is 28.3. The lowest BCUT2D eigenvalue weighted by atomic mass is 10.0. The number of methoxy groups -OCH3 is 2. The van der Waals surface area contributed by atoms with Crippen molar-refractivity contribution in [2.45, 2.75) is 6.92 Å². The van der Waals surface area contributed by atoms with Gasteiger partial charge in [0.05, 0.1) is 46.6 Å². The molecule has 0 saturated heterocycles. The third-order valence-electron chi connectivity index (χ3n) is 5.07. The molecule has 0 fully saturated rings. The van der Waals surface area contributed by atoms with E-state index in [4.69, 9.17) is 43.2 Å². The van der Waals surface area contributed by atoms with Gasteiger partial charge in [0.1, 0.15) is 30.2 Å². The van der Waals surface area contributed by atoms with Crippen molar-refractivity contribution in [2.24, 2.45) is 0 Å². The molecule has 0 bridgehead atoms. The van der Waals surface area contributed by atoms with Crippen LogP contribution in [0.2, 0.25) is 0 Å². The minimum atomic E-state index is -2.07. The summed E-state index contributed by atoms with van der Waals surface area (Å²) in [6.45, 7) is 3.68. The van der Waals surface area contributed by atoms with Crippen LogP contribution in [0.15, 0.2) is 47.1 Å². The molecule has 11 nitrogen and oxygen atoms in total. The Morgan fingerprint density at radius 2 is 1.63 bits per heavy atom. The third kappa shape index (κ3) is 7.74. The van der Waals surface area contributed by atoms with Crippen LogP contribution in [0.3, 0.4) is 0 Å². The Balaban J connectivity index is 0.000000757. The number of benzene rings is 2. The molecule has 0 radical (unpaired) electrons. The normalized spacial score (nSPS) is 10.7. The number of hydrogen-bond acceptors (Lipinski definition) is 9. The number of ketones is 1. The molecule has 0 aliphatic rings. The van der Waals surface area contributed by atoms with E-state index < -0.39 is 11.9 Å². The Bertz CT molecular complexity index is 1260. The highest BCUT2D eigenvalue weighted by Gasteiger charge is 2.28. The van der Waals surface area contributed by atoms with Crippen LogP contribution < -0.4 is 29.0 Å². The zero-order valence-electron chi connectivity index (χ0n) is 21.9. The first-order chi connectivity index (χ1) is 18.1. The number of furan rings is 1. The van der Waals surface area contributed by atoms with E-state index in [1.807, 2.05) is 45.3 Å². The molecule has 1 aromatic heterocycles. The molecule has 0 atom stereocenters. The van der Waals surface area contributed by atoms with Crippen molar-refractivity contribution >= 4 is 34.8 Å². The number of nitrogens with one attached hydrogen (secondary N) is 1. The summed E-state index contributed by atoms with van der Waals surface area (Å²) >= 11 is 0. The quantitative estimate of drug-likeness (QED) is 0.210. The first kappa shape index (κ1) is 29.7. The van der Waals surface area contributed by atoms with Gasteiger partial charge in [-0.2, -0.15) is 0 Å². The number of allylic oxidation sites excluding steroid dienone is 1. The van der Waals surface area contributed by atoms with Crippen LogP contribution in [0.25, 0.3) is 17.0 Å². The molecule has 1 heterocycles. The van der Waals surface area contributed by atoms with Crippen LogP contribution in [-0.2, 0) is 9.59 Å². The van der Waals surface area contributed by atoms with Crippen LogP contribution in [0.5, 0.6) is 23.0 Å². The van der Waals surface area contributed by atoms with E-state index in [0.717, 1.165) is 17.9 Å². The van der Waals surface area contributed by atoms with Gasteiger partial charge < -0.3 is 43.3 Å². The van der Waals surface area contributed by atoms with Gasteiger partial charge in [-0.05, 0) is 36.8 Å². The Kier molecular flexibility index (Phi) is 11.2. The zero-order valence-corrected chi connectivity index (χ0v) is 21.9. The van der Waals surface area contributed by atoms with Gasteiger partial charge in [-0.25, -0.2) is 4.79 Å². The van der Waals surface area contributed by atoms with Crippen molar-refractivity contribution in [1.82, 2.24) is 0 Å². The van der Waals surface area contributed by atoms with Gasteiger partial charge in [0.15, 0.2) is 23.1 Å². The number of ether oxygens (including phenoxy) is 4.